The Kier molecular flexibility index (Phi) is 7.77. The number of hydrogen-bond acceptors (Lipinski definition) is 7. The Morgan fingerprint density at radius 1 is 1.00 bits per heavy atom. The molecule has 8 nitrogen and oxygen atoms in total. The van der Waals surface area contributed by atoms with E-state index >= 15 is 0 Å². The van der Waals surface area contributed by atoms with E-state index in [1.807, 2.05) is 42.5 Å². The number of para-hydroxylation sites is 1. The summed E-state index contributed by atoms with van der Waals surface area (Å²) in [7, 11) is -2.61. The molecule has 182 valence electrons. The topological polar surface area (TPSA) is 124 Å². The fourth-order valence-electron chi connectivity index (χ4n) is 4.52. The number of H-pyrrole nitrogens is 1. The molecule has 1 saturated carbocycles. The van der Waals surface area contributed by atoms with Crippen molar-refractivity contribution >= 4 is 44.6 Å². The van der Waals surface area contributed by atoms with Gasteiger partial charge >= 0.3 is 10.5 Å². The van der Waals surface area contributed by atoms with Crippen LogP contribution in [0.3, 0.4) is 0 Å². The van der Waals surface area contributed by atoms with Crippen molar-refractivity contribution in [2.75, 3.05) is 5.32 Å². The predicted octanol–water partition coefficient (Wildman–Crippen LogP) is 6.65. The molecule has 1 aliphatic rings. The fraction of sp³-hybridized carbons (Fsp3) is 0.320. The van der Waals surface area contributed by atoms with Gasteiger partial charge in [0, 0.05) is 22.4 Å². The summed E-state index contributed by atoms with van der Waals surface area (Å²) in [6.07, 6.45) is 4.79. The van der Waals surface area contributed by atoms with Crippen LogP contribution in [0, 0.1) is 17.6 Å². The first-order valence-electron chi connectivity index (χ1n) is 11.5. The van der Waals surface area contributed by atoms with E-state index < -0.39 is 10.5 Å². The lowest BCUT2D eigenvalue weighted by Crippen LogP contribution is -2.15. The zero-order valence-corrected chi connectivity index (χ0v) is 21.1. The first-order chi connectivity index (χ1) is 16.8. The Morgan fingerprint density at radius 3 is 2.37 bits per heavy atom. The van der Waals surface area contributed by atoms with Gasteiger partial charge in [0.15, 0.2) is 11.6 Å². The van der Waals surface area contributed by atoms with Crippen LogP contribution in [0.2, 0.25) is 5.02 Å². The van der Waals surface area contributed by atoms with E-state index in [0.717, 1.165) is 58.1 Å². The summed E-state index contributed by atoms with van der Waals surface area (Å²) in [4.78, 5) is 9.94. The first kappa shape index (κ1) is 24.8. The standard InChI is InChI=1S/C25H26ClN5.HNO2S/c1-15-11-13-17(14-12-15)22-16(2)23(28-24(27-22)18-7-3-5-9-20(18)26)29-25-19-8-4-6-10-21(19)30-31-25;1-4(2)3/h3-10,15,17H,11-14H2,1-2H3,(H2,27,28,29,30,31);1H. The maximum absolute atomic E-state index is 8.67. The normalized spacial score (nSPS) is 17.5. The number of nitrogens with one attached hydrogen (secondary N) is 3. The largest absolute Gasteiger partial charge is 0.323 e. The number of nitrogens with zero attached hydrogens (tertiary/aromatic N) is 3. The molecule has 2 heterocycles. The minimum Gasteiger partial charge on any atom is -0.323 e. The number of fused-ring (bicyclic) bond motifs is 1. The van der Waals surface area contributed by atoms with Crippen molar-refractivity contribution in [1.82, 2.24) is 20.2 Å². The Bertz CT molecular complexity index is 1440. The minimum absolute atomic E-state index is 0.442. The molecule has 1 fully saturated rings. The molecule has 10 heteroatoms. The van der Waals surface area contributed by atoms with Crippen molar-refractivity contribution in [1.29, 1.82) is 4.78 Å². The lowest BCUT2D eigenvalue weighted by Gasteiger charge is -2.27. The van der Waals surface area contributed by atoms with Gasteiger partial charge in [-0.05, 0) is 49.9 Å². The Hall–Kier alpha value is -3.30. The van der Waals surface area contributed by atoms with Gasteiger partial charge in [-0.3, -0.25) is 5.10 Å². The van der Waals surface area contributed by atoms with Crippen LogP contribution in [0.5, 0.6) is 0 Å². The molecule has 0 spiro atoms. The summed E-state index contributed by atoms with van der Waals surface area (Å²) in [6, 6.07) is 15.8. The lowest BCUT2D eigenvalue weighted by molar-refractivity contribution is 0.343. The molecule has 0 aliphatic heterocycles. The number of rotatable bonds is 4. The number of anilines is 2. The van der Waals surface area contributed by atoms with Crippen LogP contribution in [0.25, 0.3) is 22.3 Å². The summed E-state index contributed by atoms with van der Waals surface area (Å²) >= 11 is 6.51. The predicted molar refractivity (Wildman–Crippen MR) is 139 cm³/mol. The average molecular weight is 511 g/mol. The van der Waals surface area contributed by atoms with Crippen molar-refractivity contribution in [2.45, 2.75) is 45.4 Å². The van der Waals surface area contributed by atoms with Crippen LogP contribution in [0.4, 0.5) is 11.6 Å². The second kappa shape index (κ2) is 11.0. The molecule has 4 aromatic rings. The van der Waals surface area contributed by atoms with Gasteiger partial charge < -0.3 is 5.32 Å². The average Bonchev–Trinajstić information content (AvgIpc) is 3.24. The van der Waals surface area contributed by atoms with Gasteiger partial charge in [-0.2, -0.15) is 18.3 Å². The maximum Gasteiger partial charge on any atom is 0.308 e. The Balaban J connectivity index is 0.000000672. The van der Waals surface area contributed by atoms with E-state index in [0.29, 0.717) is 16.8 Å². The maximum atomic E-state index is 8.67. The van der Waals surface area contributed by atoms with E-state index in [1.165, 1.54) is 12.8 Å². The monoisotopic (exact) mass is 510 g/mol. The first-order valence-corrected chi connectivity index (χ1v) is 12.9. The molecule has 0 bridgehead atoms. The second-order valence-electron chi connectivity index (χ2n) is 8.82. The molecule has 5 rings (SSSR count). The third kappa shape index (κ3) is 5.86. The molecule has 2 aromatic carbocycles. The zero-order valence-electron chi connectivity index (χ0n) is 19.5. The van der Waals surface area contributed by atoms with Gasteiger partial charge in [-0.15, -0.1) is 0 Å². The van der Waals surface area contributed by atoms with Gasteiger partial charge in [0.2, 0.25) is 0 Å². The summed E-state index contributed by atoms with van der Waals surface area (Å²) in [5.74, 6) is 3.44. The number of hydrogen-bond donors (Lipinski definition) is 3. The number of aromatic amines is 1. The van der Waals surface area contributed by atoms with Crippen molar-refractivity contribution in [3.8, 4) is 11.4 Å². The highest BCUT2D eigenvalue weighted by molar-refractivity contribution is 7.60. The summed E-state index contributed by atoms with van der Waals surface area (Å²) in [5.41, 5.74) is 4.05. The number of halogens is 1. The van der Waals surface area contributed by atoms with Crippen LogP contribution in [-0.2, 0) is 10.5 Å². The molecule has 1 aliphatic carbocycles. The van der Waals surface area contributed by atoms with Crippen LogP contribution in [0.15, 0.2) is 48.5 Å². The van der Waals surface area contributed by atoms with Gasteiger partial charge in [0.1, 0.15) is 5.82 Å². The van der Waals surface area contributed by atoms with Gasteiger partial charge in [0.05, 0.1) is 16.2 Å². The summed E-state index contributed by atoms with van der Waals surface area (Å²) < 4.78 is 22.8. The van der Waals surface area contributed by atoms with Crippen molar-refractivity contribution in [3.05, 3.63) is 64.8 Å². The van der Waals surface area contributed by atoms with E-state index in [2.05, 4.69) is 35.4 Å². The molecule has 0 unspecified atom stereocenters. The van der Waals surface area contributed by atoms with Crippen LogP contribution < -0.4 is 5.32 Å². The van der Waals surface area contributed by atoms with Crippen LogP contribution in [-0.4, -0.2) is 28.6 Å². The SMILES string of the molecule is Cc1c(Nc2n[nH]c3ccccc23)nc(-c2ccccc2Cl)nc1C1CCC(C)CC1.N=S(=O)=O. The minimum atomic E-state index is -2.61. The van der Waals surface area contributed by atoms with Crippen molar-refractivity contribution in [2.24, 2.45) is 5.92 Å². The molecule has 35 heavy (non-hydrogen) atoms. The van der Waals surface area contributed by atoms with E-state index in [4.69, 9.17) is 34.8 Å². The number of benzene rings is 2. The highest BCUT2D eigenvalue weighted by atomic mass is 35.5. The quantitative estimate of drug-likeness (QED) is 0.282. The second-order valence-corrected chi connectivity index (χ2v) is 9.70. The Labute approximate surface area is 210 Å². The summed E-state index contributed by atoms with van der Waals surface area (Å²) in [5, 5.41) is 12.7. The third-order valence-corrected chi connectivity index (χ3v) is 6.74. The van der Waals surface area contributed by atoms with Crippen molar-refractivity contribution < 1.29 is 8.42 Å². The summed E-state index contributed by atoms with van der Waals surface area (Å²) in [6.45, 7) is 4.45. The molecule has 3 N–H and O–H groups in total. The van der Waals surface area contributed by atoms with E-state index in [9.17, 15) is 0 Å². The zero-order chi connectivity index (χ0) is 24.9. The third-order valence-electron chi connectivity index (χ3n) is 6.41. The lowest BCUT2D eigenvalue weighted by atomic mass is 9.80. The molecule has 0 radical (unpaired) electrons. The van der Waals surface area contributed by atoms with Gasteiger partial charge in [-0.25, -0.2) is 9.97 Å². The molecular formula is C25H27ClN6O2S. The van der Waals surface area contributed by atoms with Crippen molar-refractivity contribution in [3.63, 3.8) is 0 Å². The number of aromatic nitrogens is 4. The Morgan fingerprint density at radius 2 is 1.66 bits per heavy atom. The fourth-order valence-corrected chi connectivity index (χ4v) is 4.74. The molecule has 2 aromatic heterocycles. The van der Waals surface area contributed by atoms with Crippen LogP contribution >= 0.6 is 11.6 Å². The van der Waals surface area contributed by atoms with E-state index in [-0.39, 0.29) is 0 Å². The van der Waals surface area contributed by atoms with Gasteiger partial charge in [0.25, 0.3) is 0 Å². The molecule has 0 amide bonds. The highest BCUT2D eigenvalue weighted by Crippen LogP contribution is 2.39. The highest BCUT2D eigenvalue weighted by Gasteiger charge is 2.25. The van der Waals surface area contributed by atoms with Crippen LogP contribution in [0.1, 0.15) is 49.8 Å². The molecule has 0 saturated heterocycles. The van der Waals surface area contributed by atoms with Gasteiger partial charge in [-0.1, -0.05) is 55.6 Å². The molecule has 0 atom stereocenters. The molecular weight excluding hydrogens is 484 g/mol. The van der Waals surface area contributed by atoms with E-state index in [1.54, 1.807) is 0 Å². The smallest absolute Gasteiger partial charge is 0.308 e.